The van der Waals surface area contributed by atoms with E-state index in [1.165, 1.54) is 4.90 Å². The number of rotatable bonds is 8. The van der Waals surface area contributed by atoms with E-state index in [4.69, 9.17) is 0 Å². The molecule has 7 nitrogen and oxygen atoms in total. The summed E-state index contributed by atoms with van der Waals surface area (Å²) < 4.78 is 0. The van der Waals surface area contributed by atoms with Gasteiger partial charge in [0.2, 0.25) is 18.1 Å². The predicted molar refractivity (Wildman–Crippen MR) is 90.3 cm³/mol. The minimum atomic E-state index is -0.828. The van der Waals surface area contributed by atoms with Crippen LogP contribution >= 0.6 is 0 Å². The molecule has 7 heteroatoms. The molecule has 1 saturated heterocycles. The summed E-state index contributed by atoms with van der Waals surface area (Å²) in [4.78, 5) is 50.0. The molecule has 4 unspecified atom stereocenters. The first-order valence-electron chi connectivity index (χ1n) is 9.17. The number of hydrogen-bond donors (Lipinski definition) is 2. The molecular weight excluding hydrogens is 322 g/mol. The number of carbonyl (C=O) groups excluding carboxylic acids is 4. The van der Waals surface area contributed by atoms with E-state index < -0.39 is 23.8 Å². The molecule has 3 fully saturated rings. The highest BCUT2D eigenvalue weighted by atomic mass is 16.2. The lowest BCUT2D eigenvalue weighted by molar-refractivity contribution is -0.141. The quantitative estimate of drug-likeness (QED) is 0.484. The summed E-state index contributed by atoms with van der Waals surface area (Å²) in [7, 11) is 0. The topological polar surface area (TPSA) is 95.6 Å². The maximum absolute atomic E-state index is 12.8. The minimum Gasteiger partial charge on any atom is -0.347 e. The molecule has 0 aromatic heterocycles. The Hall–Kier alpha value is -1.92. The minimum absolute atomic E-state index is 0.0368. The lowest BCUT2D eigenvalue weighted by Crippen LogP contribution is -2.54. The first kappa shape index (κ1) is 17.9. The highest BCUT2D eigenvalue weighted by molar-refractivity contribution is 6.38. The van der Waals surface area contributed by atoms with Gasteiger partial charge in [-0.25, -0.2) is 0 Å². The zero-order valence-electron chi connectivity index (χ0n) is 15.1. The second-order valence-corrected chi connectivity index (χ2v) is 8.16. The van der Waals surface area contributed by atoms with E-state index in [1.807, 2.05) is 6.92 Å². The molecular formula is C18H27N3O4. The average Bonchev–Trinajstić information content (AvgIpc) is 3.41. The van der Waals surface area contributed by atoms with Crippen LogP contribution in [0, 0.1) is 17.3 Å². The molecule has 3 amide bonds. The Balaban J connectivity index is 1.66. The summed E-state index contributed by atoms with van der Waals surface area (Å²) >= 11 is 0. The Morgan fingerprint density at radius 3 is 2.52 bits per heavy atom. The SMILES string of the molecule is CCCC(NC(=O)C1C2C(CN1C=O)C2(C)C)C(=O)C(=O)NC1CC1. The third kappa shape index (κ3) is 3.28. The molecule has 1 aliphatic heterocycles. The van der Waals surface area contributed by atoms with Gasteiger partial charge in [-0.1, -0.05) is 27.2 Å². The predicted octanol–water partition coefficient (Wildman–Crippen LogP) is 0.232. The van der Waals surface area contributed by atoms with Gasteiger partial charge in [0.25, 0.3) is 5.91 Å². The summed E-state index contributed by atoms with van der Waals surface area (Å²) in [6, 6.07) is -1.27. The molecule has 138 valence electrons. The van der Waals surface area contributed by atoms with Crippen LogP contribution in [0.25, 0.3) is 0 Å². The largest absolute Gasteiger partial charge is 0.347 e. The van der Waals surface area contributed by atoms with Crippen LogP contribution in [0.4, 0.5) is 0 Å². The van der Waals surface area contributed by atoms with Gasteiger partial charge < -0.3 is 15.5 Å². The summed E-state index contributed by atoms with van der Waals surface area (Å²) in [5.41, 5.74) is 0.0368. The molecule has 2 aliphatic carbocycles. The van der Waals surface area contributed by atoms with Crippen LogP contribution in [-0.2, 0) is 19.2 Å². The van der Waals surface area contributed by atoms with Crippen molar-refractivity contribution in [2.45, 2.75) is 64.6 Å². The van der Waals surface area contributed by atoms with Crippen molar-refractivity contribution in [2.75, 3.05) is 6.54 Å². The third-order valence-corrected chi connectivity index (χ3v) is 5.99. The molecule has 4 atom stereocenters. The fourth-order valence-electron chi connectivity index (χ4n) is 4.19. The van der Waals surface area contributed by atoms with Gasteiger partial charge in [-0.3, -0.25) is 19.2 Å². The molecule has 0 aromatic rings. The second-order valence-electron chi connectivity index (χ2n) is 8.16. The van der Waals surface area contributed by atoms with Crippen LogP contribution in [0.15, 0.2) is 0 Å². The van der Waals surface area contributed by atoms with Gasteiger partial charge in [-0.2, -0.15) is 0 Å². The van der Waals surface area contributed by atoms with Crippen molar-refractivity contribution in [1.29, 1.82) is 0 Å². The van der Waals surface area contributed by atoms with Crippen molar-refractivity contribution in [1.82, 2.24) is 15.5 Å². The molecule has 0 spiro atoms. The van der Waals surface area contributed by atoms with Crippen LogP contribution in [0.1, 0.15) is 46.5 Å². The van der Waals surface area contributed by atoms with Gasteiger partial charge in [0.1, 0.15) is 6.04 Å². The number of piperidine rings is 1. The van der Waals surface area contributed by atoms with Crippen molar-refractivity contribution in [3.8, 4) is 0 Å². The first-order chi connectivity index (χ1) is 11.8. The van der Waals surface area contributed by atoms with Crippen molar-refractivity contribution in [3.05, 3.63) is 0 Å². The number of fused-ring (bicyclic) bond motifs is 1. The molecule has 25 heavy (non-hydrogen) atoms. The van der Waals surface area contributed by atoms with Crippen molar-refractivity contribution < 1.29 is 19.2 Å². The van der Waals surface area contributed by atoms with Crippen LogP contribution < -0.4 is 10.6 Å². The molecule has 0 bridgehead atoms. The van der Waals surface area contributed by atoms with Gasteiger partial charge in [0, 0.05) is 12.6 Å². The number of amides is 3. The van der Waals surface area contributed by atoms with Crippen LogP contribution in [0.3, 0.4) is 0 Å². The Labute approximate surface area is 147 Å². The van der Waals surface area contributed by atoms with Gasteiger partial charge >= 0.3 is 0 Å². The number of hydrogen-bond acceptors (Lipinski definition) is 4. The van der Waals surface area contributed by atoms with Gasteiger partial charge in [0.05, 0.1) is 6.04 Å². The lowest BCUT2D eigenvalue weighted by atomic mass is 9.99. The highest BCUT2D eigenvalue weighted by Crippen LogP contribution is 2.64. The number of likely N-dealkylation sites (tertiary alicyclic amines) is 1. The monoisotopic (exact) mass is 349 g/mol. The molecule has 3 aliphatic rings. The molecule has 0 radical (unpaired) electrons. The fraction of sp³-hybridized carbons (Fsp3) is 0.778. The average molecular weight is 349 g/mol. The number of nitrogens with one attached hydrogen (secondary N) is 2. The van der Waals surface area contributed by atoms with Crippen molar-refractivity contribution in [2.24, 2.45) is 17.3 Å². The van der Waals surface area contributed by atoms with Crippen molar-refractivity contribution >= 4 is 24.0 Å². The summed E-state index contributed by atoms with van der Waals surface area (Å²) in [6.07, 6.45) is 3.60. The molecule has 3 rings (SSSR count). The normalized spacial score (nSPS) is 30.2. The van der Waals surface area contributed by atoms with Crippen molar-refractivity contribution in [3.63, 3.8) is 0 Å². The van der Waals surface area contributed by atoms with E-state index in [0.717, 1.165) is 12.8 Å². The van der Waals surface area contributed by atoms with E-state index >= 15 is 0 Å². The van der Waals surface area contributed by atoms with Gasteiger partial charge in [0.15, 0.2) is 0 Å². The third-order valence-electron chi connectivity index (χ3n) is 5.99. The van der Waals surface area contributed by atoms with E-state index in [2.05, 4.69) is 24.5 Å². The lowest BCUT2D eigenvalue weighted by Gasteiger charge is -2.28. The number of ketones is 1. The Kier molecular flexibility index (Phi) is 4.60. The Morgan fingerprint density at radius 1 is 1.28 bits per heavy atom. The summed E-state index contributed by atoms with van der Waals surface area (Å²) in [5, 5.41) is 5.42. The highest BCUT2D eigenvalue weighted by Gasteiger charge is 2.68. The van der Waals surface area contributed by atoms with E-state index in [9.17, 15) is 19.2 Å². The first-order valence-corrected chi connectivity index (χ1v) is 9.17. The smallest absolute Gasteiger partial charge is 0.289 e. The number of nitrogens with zero attached hydrogens (tertiary/aromatic N) is 1. The molecule has 1 heterocycles. The standard InChI is InChI=1S/C18H27N3O4/c1-4-5-12(15(23)17(25)19-10-6-7-10)20-16(24)14-13-11(18(13,2)3)8-21(14)9-22/h9-14H,4-8H2,1-3H3,(H,19,25)(H,20,24). The summed E-state index contributed by atoms with van der Waals surface area (Å²) in [6.45, 7) is 6.68. The van der Waals surface area contributed by atoms with Gasteiger partial charge in [-0.05, 0) is 36.5 Å². The van der Waals surface area contributed by atoms with E-state index in [1.54, 1.807) is 0 Å². The Morgan fingerprint density at radius 2 is 1.96 bits per heavy atom. The van der Waals surface area contributed by atoms with Gasteiger partial charge in [-0.15, -0.1) is 0 Å². The second kappa shape index (κ2) is 6.42. The van der Waals surface area contributed by atoms with E-state index in [0.29, 0.717) is 31.7 Å². The maximum Gasteiger partial charge on any atom is 0.289 e. The fourth-order valence-corrected chi connectivity index (χ4v) is 4.19. The zero-order valence-corrected chi connectivity index (χ0v) is 15.1. The maximum atomic E-state index is 12.8. The van der Waals surface area contributed by atoms with Crippen LogP contribution in [0.5, 0.6) is 0 Å². The zero-order chi connectivity index (χ0) is 18.4. The Bertz CT molecular complexity index is 599. The number of carbonyl (C=O) groups is 4. The molecule has 2 N–H and O–H groups in total. The molecule has 2 saturated carbocycles. The van der Waals surface area contributed by atoms with Crippen LogP contribution in [-0.4, -0.2) is 53.6 Å². The number of Topliss-reactive ketones (excluding diaryl/α,β-unsaturated/α-hetero) is 1. The summed E-state index contributed by atoms with van der Waals surface area (Å²) in [5.74, 6) is -1.09. The van der Waals surface area contributed by atoms with Crippen LogP contribution in [0.2, 0.25) is 0 Å². The molecule has 0 aromatic carbocycles. The van der Waals surface area contributed by atoms with E-state index in [-0.39, 0.29) is 23.3 Å².